The number of aryl methyl sites for hydroxylation is 2. The van der Waals surface area contributed by atoms with Crippen molar-refractivity contribution in [2.45, 2.75) is 39.0 Å². The van der Waals surface area contributed by atoms with Crippen LogP contribution in [-0.4, -0.2) is 46.0 Å². The lowest BCUT2D eigenvalue weighted by atomic mass is 10.1. The molecule has 22 nitrogen and oxygen atoms in total. The van der Waals surface area contributed by atoms with E-state index >= 15 is 0 Å². The van der Waals surface area contributed by atoms with Gasteiger partial charge in [0.1, 0.15) is 49.2 Å². The average molecular weight is 1030 g/mol. The summed E-state index contributed by atoms with van der Waals surface area (Å²) in [6, 6.07) is 38.3. The number of nitro groups is 4. The third kappa shape index (κ3) is 14.7. The Hall–Kier alpha value is -10.1. The van der Waals surface area contributed by atoms with Crippen LogP contribution in [0.25, 0.3) is 22.3 Å². The van der Waals surface area contributed by atoms with Crippen LogP contribution in [0.1, 0.15) is 12.8 Å². The Kier molecular flexibility index (Phi) is 17.5. The van der Waals surface area contributed by atoms with Gasteiger partial charge in [-0.25, -0.2) is 18.3 Å². The van der Waals surface area contributed by atoms with Crippen LogP contribution in [0.2, 0.25) is 0 Å². The highest BCUT2D eigenvalue weighted by atomic mass is 16.6. The lowest BCUT2D eigenvalue weighted by Gasteiger charge is -2.06. The largest absolute Gasteiger partial charge is 0.487 e. The number of nitro benzene ring substituents is 4. The summed E-state index contributed by atoms with van der Waals surface area (Å²) >= 11 is 0. The number of hydrogen-bond donors (Lipinski definition) is 2. The Labute approximate surface area is 435 Å². The van der Waals surface area contributed by atoms with Gasteiger partial charge in [0, 0.05) is 86.6 Å². The second-order valence-corrected chi connectivity index (χ2v) is 17.2. The van der Waals surface area contributed by atoms with Gasteiger partial charge in [0.2, 0.25) is 0 Å². The SMILES string of the molecule is O=[N+]([O-])c1ccc(NCCC[n+]2ccc(-c3cc[n+](CCOc4ccc(N=Nc5ccc(OCC[n+]6ccc(-c7cc[n+](CCCNc8ccc([N+](=O)[O-])cc8[N+](=O)[O-])cc7)cc6)cc5)cc4)cc3)cc2)c([N+](=O)[O-])c1. The number of ether oxygens (including phenoxy) is 2. The topological polar surface area (TPSA) is 255 Å². The maximum absolute atomic E-state index is 11.4. The number of benzene rings is 4. The van der Waals surface area contributed by atoms with E-state index in [0.29, 0.717) is 76.7 Å². The molecule has 0 spiro atoms. The number of rotatable bonds is 26. The maximum atomic E-state index is 11.4. The molecule has 0 aliphatic rings. The fourth-order valence-corrected chi connectivity index (χ4v) is 7.90. The number of aromatic nitrogens is 4. The highest BCUT2D eigenvalue weighted by molar-refractivity contribution is 5.66. The third-order valence-electron chi connectivity index (χ3n) is 12.0. The van der Waals surface area contributed by atoms with Crippen LogP contribution in [0, 0.1) is 40.5 Å². The Morgan fingerprint density at radius 1 is 0.395 bits per heavy atom. The van der Waals surface area contributed by atoms with Crippen LogP contribution in [0.4, 0.5) is 45.5 Å². The maximum Gasteiger partial charge on any atom is 0.299 e. The zero-order valence-corrected chi connectivity index (χ0v) is 40.9. The smallest absolute Gasteiger partial charge is 0.299 e. The van der Waals surface area contributed by atoms with E-state index in [2.05, 4.69) is 30.0 Å². The molecule has 4 aromatic carbocycles. The number of nitrogens with one attached hydrogen (secondary N) is 2. The molecule has 76 heavy (non-hydrogen) atoms. The summed E-state index contributed by atoms with van der Waals surface area (Å²) in [7, 11) is 0. The highest BCUT2D eigenvalue weighted by Gasteiger charge is 2.21. The second kappa shape index (κ2) is 25.5. The molecule has 0 unspecified atom stereocenters. The predicted octanol–water partition coefficient (Wildman–Crippen LogP) is 9.38. The number of azo groups is 1. The van der Waals surface area contributed by atoms with Gasteiger partial charge in [-0.05, 0) is 82.9 Å². The van der Waals surface area contributed by atoms with Crippen LogP contribution in [0.15, 0.2) is 193 Å². The normalized spacial score (nSPS) is 11.0. The van der Waals surface area contributed by atoms with Crippen molar-refractivity contribution in [3.05, 3.63) is 223 Å². The van der Waals surface area contributed by atoms with Gasteiger partial charge in [-0.15, -0.1) is 0 Å². The van der Waals surface area contributed by atoms with E-state index in [1.54, 1.807) is 0 Å². The molecule has 4 aromatic heterocycles. The Morgan fingerprint density at radius 2 is 0.711 bits per heavy atom. The molecule has 4 heterocycles. The summed E-state index contributed by atoms with van der Waals surface area (Å²) in [5.74, 6) is 1.45. The molecule has 384 valence electrons. The predicted molar refractivity (Wildman–Crippen MR) is 278 cm³/mol. The zero-order chi connectivity index (χ0) is 53.2. The summed E-state index contributed by atoms with van der Waals surface area (Å²) in [4.78, 5) is 42.2. The molecular weight excluding hydrogens is 977 g/mol. The molecule has 0 bridgehead atoms. The van der Waals surface area contributed by atoms with Crippen molar-refractivity contribution in [2.24, 2.45) is 10.2 Å². The van der Waals surface area contributed by atoms with Crippen LogP contribution >= 0.6 is 0 Å². The third-order valence-corrected chi connectivity index (χ3v) is 12.0. The summed E-state index contributed by atoms with van der Waals surface area (Å²) in [5.41, 5.74) is 4.80. The van der Waals surface area contributed by atoms with E-state index in [1.807, 2.05) is 156 Å². The highest BCUT2D eigenvalue weighted by Crippen LogP contribution is 2.30. The summed E-state index contributed by atoms with van der Waals surface area (Å²) in [6.45, 7) is 4.49. The van der Waals surface area contributed by atoms with E-state index in [1.165, 1.54) is 24.3 Å². The van der Waals surface area contributed by atoms with Crippen LogP contribution < -0.4 is 38.4 Å². The molecule has 8 aromatic rings. The van der Waals surface area contributed by atoms with Gasteiger partial charge in [-0.3, -0.25) is 40.5 Å². The van der Waals surface area contributed by atoms with Crippen molar-refractivity contribution in [3.63, 3.8) is 0 Å². The summed E-state index contributed by atoms with van der Waals surface area (Å²) < 4.78 is 20.1. The van der Waals surface area contributed by atoms with Gasteiger partial charge in [0.05, 0.1) is 43.2 Å². The van der Waals surface area contributed by atoms with Gasteiger partial charge in [0.15, 0.2) is 62.7 Å². The van der Waals surface area contributed by atoms with Gasteiger partial charge in [-0.2, -0.15) is 10.2 Å². The van der Waals surface area contributed by atoms with E-state index < -0.39 is 19.7 Å². The molecule has 0 saturated heterocycles. The summed E-state index contributed by atoms with van der Waals surface area (Å²) in [5, 5.41) is 59.6. The van der Waals surface area contributed by atoms with E-state index in [-0.39, 0.29) is 34.1 Å². The van der Waals surface area contributed by atoms with Gasteiger partial charge >= 0.3 is 0 Å². The van der Waals surface area contributed by atoms with Crippen LogP contribution in [-0.2, 0) is 26.2 Å². The molecule has 0 saturated carbocycles. The minimum absolute atomic E-state index is 0.244. The fourth-order valence-electron chi connectivity index (χ4n) is 7.90. The Bertz CT molecular complexity index is 3090. The van der Waals surface area contributed by atoms with Gasteiger partial charge in [0.25, 0.3) is 22.7 Å². The number of non-ortho nitro benzene ring substituents is 2. The van der Waals surface area contributed by atoms with Gasteiger partial charge in [-0.1, -0.05) is 0 Å². The molecule has 2 N–H and O–H groups in total. The lowest BCUT2D eigenvalue weighted by molar-refractivity contribution is -0.697. The minimum atomic E-state index is -0.655. The van der Waals surface area contributed by atoms with Crippen molar-refractivity contribution in [1.82, 2.24) is 0 Å². The number of nitrogens with zero attached hydrogens (tertiary/aromatic N) is 10. The van der Waals surface area contributed by atoms with Crippen LogP contribution in [0.3, 0.4) is 0 Å². The van der Waals surface area contributed by atoms with Crippen molar-refractivity contribution >= 4 is 45.5 Å². The molecular formula is C54H52N12O10+4. The lowest BCUT2D eigenvalue weighted by Crippen LogP contribution is -2.35. The molecule has 22 heteroatoms. The van der Waals surface area contributed by atoms with E-state index in [0.717, 1.165) is 45.9 Å². The van der Waals surface area contributed by atoms with Crippen molar-refractivity contribution in [1.29, 1.82) is 0 Å². The quantitative estimate of drug-likeness (QED) is 0.0169. The van der Waals surface area contributed by atoms with E-state index in [4.69, 9.17) is 9.47 Å². The van der Waals surface area contributed by atoms with Gasteiger partial charge < -0.3 is 20.1 Å². The fraction of sp³-hybridized carbons (Fsp3) is 0.185. The second-order valence-electron chi connectivity index (χ2n) is 17.2. The first-order chi connectivity index (χ1) is 36.9. The molecule has 0 atom stereocenters. The first-order valence-corrected chi connectivity index (χ1v) is 24.1. The Morgan fingerprint density at radius 3 is 1.01 bits per heavy atom. The zero-order valence-electron chi connectivity index (χ0n) is 40.9. The standard InChI is InChI=1S/C54H52N12O10/c67-63(68)47-7-13-51(53(39-47)65(71)72)55-23-1-25-59-27-15-41(16-28-59)43-19-31-61(32-20-43)35-37-75-49-9-3-45(4-10-49)57-58-46-5-11-50(12-6-46)76-38-36-62-33-21-44(22-34-62)42-17-29-60(30-18-42)26-2-24-56-52-14-8-48(64(69)70)40-54(52)66(73)74/h3-22,27-34,39-40,55-56H,1-2,23-26,35-38H2/q+4. The Balaban J connectivity index is 0.697. The molecule has 0 aliphatic carbocycles. The van der Waals surface area contributed by atoms with Crippen molar-refractivity contribution in [3.8, 4) is 33.8 Å². The average Bonchev–Trinajstić information content (AvgIpc) is 3.44. The molecule has 0 aliphatic heterocycles. The minimum Gasteiger partial charge on any atom is -0.487 e. The number of pyridine rings is 4. The van der Waals surface area contributed by atoms with E-state index in [9.17, 15) is 40.5 Å². The first kappa shape index (κ1) is 52.2. The monoisotopic (exact) mass is 1030 g/mol. The molecule has 0 radical (unpaired) electrons. The van der Waals surface area contributed by atoms with Crippen LogP contribution in [0.5, 0.6) is 11.5 Å². The number of anilines is 2. The summed E-state index contributed by atoms with van der Waals surface area (Å²) in [6.07, 6.45) is 17.3. The molecule has 0 fully saturated rings. The number of hydrogen-bond acceptors (Lipinski definition) is 14. The van der Waals surface area contributed by atoms with Crippen molar-refractivity contribution < 1.29 is 47.4 Å². The molecule has 0 amide bonds. The van der Waals surface area contributed by atoms with Crippen molar-refractivity contribution in [2.75, 3.05) is 36.9 Å². The molecule has 8 rings (SSSR count). The first-order valence-electron chi connectivity index (χ1n) is 24.1.